The topological polar surface area (TPSA) is 45.3 Å². The number of aromatic nitrogens is 1. The van der Waals surface area contributed by atoms with Crippen molar-refractivity contribution < 1.29 is 31.1 Å². The summed E-state index contributed by atoms with van der Waals surface area (Å²) in [5.74, 6) is 0. The number of H-pyrrole nitrogens is 1. The number of halogens is 6. The third kappa shape index (κ3) is 4.43. The quantitative estimate of drug-likeness (QED) is 0.665. The predicted molar refractivity (Wildman–Crippen MR) is 101 cm³/mol. The number of nitrogens with zero attached hydrogens (tertiary/aromatic N) is 1. The second-order valence-corrected chi connectivity index (χ2v) is 7.82. The van der Waals surface area contributed by atoms with E-state index in [9.17, 15) is 31.1 Å². The van der Waals surface area contributed by atoms with E-state index in [1.165, 1.54) is 36.9 Å². The van der Waals surface area contributed by atoms with Crippen LogP contribution in [-0.4, -0.2) is 35.5 Å². The van der Waals surface area contributed by atoms with Gasteiger partial charge in [-0.1, -0.05) is 0 Å². The van der Waals surface area contributed by atoms with E-state index < -0.39 is 41.7 Å². The first kappa shape index (κ1) is 22.5. The van der Waals surface area contributed by atoms with Gasteiger partial charge in [-0.15, -0.1) is 0 Å². The van der Waals surface area contributed by atoms with Gasteiger partial charge in [0.05, 0.1) is 17.7 Å². The molecule has 1 aliphatic heterocycles. The molecule has 0 spiro atoms. The summed E-state index contributed by atoms with van der Waals surface area (Å²) < 4.78 is 86.7. The van der Waals surface area contributed by atoms with Crippen LogP contribution >= 0.6 is 0 Å². The number of alkyl halides is 6. The molecule has 1 fully saturated rings. The van der Waals surface area contributed by atoms with Crippen molar-refractivity contribution in [2.24, 2.45) is 0 Å². The van der Waals surface area contributed by atoms with E-state index in [1.54, 1.807) is 6.92 Å². The lowest BCUT2D eigenvalue weighted by molar-refractivity contribution is -0.235. The second kappa shape index (κ2) is 7.79. The fourth-order valence-corrected chi connectivity index (χ4v) is 4.08. The van der Waals surface area contributed by atoms with E-state index in [0.717, 1.165) is 0 Å². The summed E-state index contributed by atoms with van der Waals surface area (Å²) in [6.07, 6.45) is -11.5. The van der Waals surface area contributed by atoms with E-state index in [1.807, 2.05) is 0 Å². The Morgan fingerprint density at radius 3 is 2.33 bits per heavy atom. The molecule has 3 rings (SSSR count). The molecule has 0 bridgehead atoms. The number of hydrogen-bond acceptors (Lipinski definition) is 3. The van der Waals surface area contributed by atoms with Crippen molar-refractivity contribution >= 4 is 16.6 Å². The van der Waals surface area contributed by atoms with Crippen molar-refractivity contribution in [1.82, 2.24) is 4.98 Å². The largest absolute Gasteiger partial charge is 0.417 e. The van der Waals surface area contributed by atoms with Crippen molar-refractivity contribution in [3.05, 3.63) is 40.2 Å². The van der Waals surface area contributed by atoms with Crippen LogP contribution < -0.4 is 10.5 Å². The first-order valence-electron chi connectivity index (χ1n) is 9.54. The lowest BCUT2D eigenvalue weighted by atomic mass is 10.0. The molecule has 30 heavy (non-hydrogen) atoms. The molecule has 0 radical (unpaired) electrons. The number of aromatic amines is 1. The van der Waals surface area contributed by atoms with E-state index in [4.69, 9.17) is 4.74 Å². The number of ether oxygens (including phenoxy) is 1. The van der Waals surface area contributed by atoms with Crippen LogP contribution in [0.25, 0.3) is 10.9 Å². The number of benzene rings is 1. The molecule has 0 saturated carbocycles. The number of rotatable bonds is 4. The van der Waals surface area contributed by atoms with Gasteiger partial charge in [0.2, 0.25) is 5.56 Å². The number of hydrogen-bond donors (Lipinski definition) is 1. The standard InChI is InChI=1S/C20H22F6N2O2/c1-10(2)30-18(20(24,25)26)16-7-4-11(3)28(16)12-5-6-15-13(8-12)14(19(21,22)23)9-17(29)27-15/h5-6,8-11,16,18H,4,7H2,1-3H3,(H,27,29)/t11-,16+,18+/m0/s1. The van der Waals surface area contributed by atoms with Gasteiger partial charge in [0.15, 0.2) is 6.10 Å². The van der Waals surface area contributed by atoms with Crippen LogP contribution in [0.2, 0.25) is 0 Å². The number of pyridine rings is 1. The van der Waals surface area contributed by atoms with Crippen molar-refractivity contribution in [1.29, 1.82) is 0 Å². The van der Waals surface area contributed by atoms with Crippen molar-refractivity contribution in [2.45, 2.75) is 70.3 Å². The zero-order valence-corrected chi connectivity index (χ0v) is 16.6. The summed E-state index contributed by atoms with van der Waals surface area (Å²) >= 11 is 0. The van der Waals surface area contributed by atoms with Gasteiger partial charge < -0.3 is 14.6 Å². The molecule has 1 aromatic carbocycles. The normalized spacial score (nSPS) is 21.6. The molecular weight excluding hydrogens is 414 g/mol. The second-order valence-electron chi connectivity index (χ2n) is 7.82. The predicted octanol–water partition coefficient (Wildman–Crippen LogP) is 5.26. The summed E-state index contributed by atoms with van der Waals surface area (Å²) in [5.41, 5.74) is -1.85. The SMILES string of the molecule is CC(C)O[C@H]([C@H]1CC[C@H](C)N1c1ccc2[nH]c(=O)cc(C(F)(F)F)c2c1)C(F)(F)F. The highest BCUT2D eigenvalue weighted by atomic mass is 19.4. The van der Waals surface area contributed by atoms with Gasteiger partial charge in [-0.25, -0.2) is 0 Å². The first-order chi connectivity index (χ1) is 13.8. The molecule has 4 nitrogen and oxygen atoms in total. The summed E-state index contributed by atoms with van der Waals surface area (Å²) in [4.78, 5) is 15.4. The van der Waals surface area contributed by atoms with Gasteiger partial charge in [-0.05, 0) is 51.8 Å². The Balaban J connectivity index is 2.12. The maximum absolute atomic E-state index is 13.7. The van der Waals surface area contributed by atoms with Crippen molar-refractivity contribution in [2.75, 3.05) is 4.90 Å². The molecule has 0 amide bonds. The molecule has 3 atom stereocenters. The molecular formula is C20H22F6N2O2. The third-order valence-electron chi connectivity index (χ3n) is 5.23. The molecule has 166 valence electrons. The Kier molecular flexibility index (Phi) is 5.83. The Morgan fingerprint density at radius 2 is 1.77 bits per heavy atom. The number of anilines is 1. The van der Waals surface area contributed by atoms with Crippen LogP contribution in [0.15, 0.2) is 29.1 Å². The smallest absolute Gasteiger partial charge is 0.364 e. The maximum Gasteiger partial charge on any atom is 0.417 e. The highest BCUT2D eigenvalue weighted by Crippen LogP contribution is 2.41. The molecule has 0 unspecified atom stereocenters. The summed E-state index contributed by atoms with van der Waals surface area (Å²) in [6.45, 7) is 4.73. The minimum Gasteiger partial charge on any atom is -0.364 e. The van der Waals surface area contributed by atoms with Gasteiger partial charge >= 0.3 is 12.4 Å². The Labute approximate surface area is 168 Å². The monoisotopic (exact) mass is 436 g/mol. The molecule has 0 aliphatic carbocycles. The molecule has 2 aromatic rings. The average molecular weight is 436 g/mol. The molecule has 1 aromatic heterocycles. The summed E-state index contributed by atoms with van der Waals surface area (Å²) in [6, 6.07) is 2.95. The van der Waals surface area contributed by atoms with Crippen molar-refractivity contribution in [3.8, 4) is 0 Å². The minimum atomic E-state index is -4.78. The minimum absolute atomic E-state index is 0.0345. The van der Waals surface area contributed by atoms with Crippen LogP contribution in [0.3, 0.4) is 0 Å². The van der Waals surface area contributed by atoms with E-state index in [2.05, 4.69) is 4.98 Å². The van der Waals surface area contributed by atoms with Gasteiger partial charge in [0, 0.05) is 28.7 Å². The summed E-state index contributed by atoms with van der Waals surface area (Å²) in [5, 5.41) is -0.272. The van der Waals surface area contributed by atoms with Gasteiger partial charge in [0.25, 0.3) is 0 Å². The highest BCUT2D eigenvalue weighted by Gasteiger charge is 2.51. The highest BCUT2D eigenvalue weighted by molar-refractivity contribution is 5.86. The van der Waals surface area contributed by atoms with Gasteiger partial charge in [0.1, 0.15) is 0 Å². The molecule has 2 heterocycles. The zero-order valence-electron chi connectivity index (χ0n) is 16.6. The summed E-state index contributed by atoms with van der Waals surface area (Å²) in [7, 11) is 0. The van der Waals surface area contributed by atoms with Crippen LogP contribution in [0.5, 0.6) is 0 Å². The van der Waals surface area contributed by atoms with E-state index >= 15 is 0 Å². The lowest BCUT2D eigenvalue weighted by Crippen LogP contribution is -2.51. The first-order valence-corrected chi connectivity index (χ1v) is 9.54. The zero-order chi connectivity index (χ0) is 22.4. The average Bonchev–Trinajstić information content (AvgIpc) is 2.97. The van der Waals surface area contributed by atoms with Crippen LogP contribution in [0.4, 0.5) is 32.0 Å². The Hall–Kier alpha value is -2.23. The van der Waals surface area contributed by atoms with Gasteiger partial charge in [-0.3, -0.25) is 4.79 Å². The third-order valence-corrected chi connectivity index (χ3v) is 5.23. The lowest BCUT2D eigenvalue weighted by Gasteiger charge is -2.37. The maximum atomic E-state index is 13.7. The van der Waals surface area contributed by atoms with Crippen LogP contribution in [0.1, 0.15) is 39.2 Å². The van der Waals surface area contributed by atoms with E-state index in [0.29, 0.717) is 12.5 Å². The number of nitrogens with one attached hydrogen (secondary N) is 1. The Bertz CT molecular complexity index is 966. The van der Waals surface area contributed by atoms with Crippen LogP contribution in [0, 0.1) is 0 Å². The Morgan fingerprint density at radius 1 is 1.10 bits per heavy atom. The van der Waals surface area contributed by atoms with Crippen LogP contribution in [-0.2, 0) is 10.9 Å². The van der Waals surface area contributed by atoms with Crippen molar-refractivity contribution in [3.63, 3.8) is 0 Å². The fraction of sp³-hybridized carbons (Fsp3) is 0.550. The fourth-order valence-electron chi connectivity index (χ4n) is 4.08. The molecule has 1 saturated heterocycles. The van der Waals surface area contributed by atoms with E-state index in [-0.39, 0.29) is 29.1 Å². The molecule has 1 N–H and O–H groups in total. The molecule has 10 heteroatoms. The molecule has 1 aliphatic rings. The van der Waals surface area contributed by atoms with Gasteiger partial charge in [-0.2, -0.15) is 26.3 Å². The number of fused-ring (bicyclic) bond motifs is 1.